The van der Waals surface area contributed by atoms with E-state index in [4.69, 9.17) is 0 Å². The van der Waals surface area contributed by atoms with Crippen molar-refractivity contribution in [3.05, 3.63) is 35.4 Å². The molecule has 0 aliphatic rings. The number of thioether (sulfide) groups is 1. The number of hydrogen-bond donors (Lipinski definition) is 1. The van der Waals surface area contributed by atoms with Gasteiger partial charge in [-0.3, -0.25) is 4.79 Å². The summed E-state index contributed by atoms with van der Waals surface area (Å²) in [5.41, 5.74) is 2.58. The summed E-state index contributed by atoms with van der Waals surface area (Å²) in [7, 11) is 4.08. The number of benzene rings is 1. The fourth-order valence-corrected chi connectivity index (χ4v) is 2.33. The van der Waals surface area contributed by atoms with Crippen LogP contribution in [0.4, 0.5) is 0 Å². The Hall–Kier alpha value is -1.00. The molecule has 1 aromatic carbocycles. The van der Waals surface area contributed by atoms with Gasteiger partial charge in [0.25, 0.3) is 0 Å². The zero-order chi connectivity index (χ0) is 14.3. The zero-order valence-corrected chi connectivity index (χ0v) is 13.1. The molecule has 1 unspecified atom stereocenters. The van der Waals surface area contributed by atoms with Crippen molar-refractivity contribution >= 4 is 17.7 Å². The second-order valence-electron chi connectivity index (χ2n) is 4.81. The summed E-state index contributed by atoms with van der Waals surface area (Å²) in [6.45, 7) is 2.80. The van der Waals surface area contributed by atoms with E-state index in [9.17, 15) is 4.79 Å². The highest BCUT2D eigenvalue weighted by atomic mass is 32.2. The molecule has 0 saturated carbocycles. The molecule has 1 N–H and O–H groups in total. The molecule has 0 aromatic heterocycles. The number of nitrogens with one attached hydrogen (secondary N) is 1. The molecule has 0 heterocycles. The van der Waals surface area contributed by atoms with Crippen LogP contribution in [0.3, 0.4) is 0 Å². The molecule has 0 fully saturated rings. The van der Waals surface area contributed by atoms with Gasteiger partial charge in [0.15, 0.2) is 0 Å². The molecule has 0 saturated heterocycles. The van der Waals surface area contributed by atoms with Crippen molar-refractivity contribution in [1.29, 1.82) is 0 Å². The first kappa shape index (κ1) is 16.1. The molecular weight excluding hydrogens is 256 g/mol. The van der Waals surface area contributed by atoms with Crippen molar-refractivity contribution in [2.75, 3.05) is 32.6 Å². The summed E-state index contributed by atoms with van der Waals surface area (Å²) >= 11 is 1.54. The molecule has 106 valence electrons. The Kier molecular flexibility index (Phi) is 6.95. The van der Waals surface area contributed by atoms with Gasteiger partial charge < -0.3 is 10.2 Å². The third-order valence-corrected chi connectivity index (χ3v) is 3.71. The van der Waals surface area contributed by atoms with E-state index in [0.717, 1.165) is 6.42 Å². The van der Waals surface area contributed by atoms with E-state index in [0.29, 0.717) is 12.3 Å². The smallest absolute Gasteiger partial charge is 0.230 e. The number of hydrogen-bond acceptors (Lipinski definition) is 3. The van der Waals surface area contributed by atoms with Crippen molar-refractivity contribution in [2.24, 2.45) is 0 Å². The first-order valence-corrected chi connectivity index (χ1v) is 7.98. The van der Waals surface area contributed by atoms with E-state index in [1.165, 1.54) is 11.1 Å². The second-order valence-corrected chi connectivity index (χ2v) is 5.68. The lowest BCUT2D eigenvalue weighted by Crippen LogP contribution is -2.35. The summed E-state index contributed by atoms with van der Waals surface area (Å²) < 4.78 is 0. The number of rotatable bonds is 7. The van der Waals surface area contributed by atoms with Gasteiger partial charge in [0, 0.05) is 6.54 Å². The fraction of sp³-hybridized carbons (Fsp3) is 0.533. The van der Waals surface area contributed by atoms with Gasteiger partial charge in [-0.2, -0.15) is 11.8 Å². The van der Waals surface area contributed by atoms with Crippen LogP contribution in [0, 0.1) is 0 Å². The summed E-state index contributed by atoms with van der Waals surface area (Å²) in [5, 5.41) is 2.99. The van der Waals surface area contributed by atoms with E-state index < -0.39 is 0 Å². The Morgan fingerprint density at radius 1 is 1.32 bits per heavy atom. The van der Waals surface area contributed by atoms with Crippen LogP contribution in [-0.4, -0.2) is 43.5 Å². The van der Waals surface area contributed by atoms with Crippen LogP contribution >= 0.6 is 11.8 Å². The maximum Gasteiger partial charge on any atom is 0.230 e. The van der Waals surface area contributed by atoms with Crippen LogP contribution in [0.15, 0.2) is 24.3 Å². The molecule has 0 aliphatic heterocycles. The largest absolute Gasteiger partial charge is 0.353 e. The number of amides is 1. The Morgan fingerprint density at radius 2 is 1.95 bits per heavy atom. The average molecular weight is 280 g/mol. The van der Waals surface area contributed by atoms with Gasteiger partial charge in [-0.1, -0.05) is 31.2 Å². The van der Waals surface area contributed by atoms with E-state index >= 15 is 0 Å². The summed E-state index contributed by atoms with van der Waals surface area (Å²) in [4.78, 5) is 13.7. The van der Waals surface area contributed by atoms with E-state index in [-0.39, 0.29) is 11.9 Å². The third-order valence-electron chi connectivity index (χ3n) is 3.16. The van der Waals surface area contributed by atoms with Crippen LogP contribution in [-0.2, 0) is 11.2 Å². The Bertz CT molecular complexity index is 390. The Morgan fingerprint density at radius 3 is 2.42 bits per heavy atom. The minimum absolute atomic E-state index is 0.101. The van der Waals surface area contributed by atoms with E-state index in [1.807, 2.05) is 20.4 Å². The molecule has 1 rings (SSSR count). The van der Waals surface area contributed by atoms with Crippen molar-refractivity contribution in [3.63, 3.8) is 0 Å². The monoisotopic (exact) mass is 280 g/mol. The molecule has 4 heteroatoms. The second kappa shape index (κ2) is 8.23. The topological polar surface area (TPSA) is 32.3 Å². The predicted octanol–water partition coefficient (Wildman–Crippen LogP) is 2.33. The van der Waals surface area contributed by atoms with Gasteiger partial charge in [-0.05, 0) is 37.9 Å². The van der Waals surface area contributed by atoms with Crippen molar-refractivity contribution in [2.45, 2.75) is 19.4 Å². The van der Waals surface area contributed by atoms with Gasteiger partial charge in [0.1, 0.15) is 0 Å². The standard InChI is InChI=1S/C15H24N2OS/c1-5-12-6-8-13(9-7-12)14(17(2)3)10-16-15(18)11-19-4/h6-9,14H,5,10-11H2,1-4H3,(H,16,18). The molecule has 0 spiro atoms. The van der Waals surface area contributed by atoms with Gasteiger partial charge in [0.2, 0.25) is 5.91 Å². The first-order valence-electron chi connectivity index (χ1n) is 6.59. The number of carbonyl (C=O) groups is 1. The molecule has 1 atom stereocenters. The lowest BCUT2D eigenvalue weighted by atomic mass is 10.0. The van der Waals surface area contributed by atoms with Gasteiger partial charge in [0.05, 0.1) is 11.8 Å². The molecule has 0 aliphatic carbocycles. The zero-order valence-electron chi connectivity index (χ0n) is 12.3. The molecule has 19 heavy (non-hydrogen) atoms. The van der Waals surface area contributed by atoms with Crippen LogP contribution in [0.5, 0.6) is 0 Å². The highest BCUT2D eigenvalue weighted by Crippen LogP contribution is 2.18. The van der Waals surface area contributed by atoms with Crippen molar-refractivity contribution < 1.29 is 4.79 Å². The van der Waals surface area contributed by atoms with Crippen LogP contribution in [0.1, 0.15) is 24.1 Å². The molecule has 1 aromatic rings. The quantitative estimate of drug-likeness (QED) is 0.832. The maximum atomic E-state index is 11.6. The number of carbonyl (C=O) groups excluding carboxylic acids is 1. The highest BCUT2D eigenvalue weighted by Gasteiger charge is 2.14. The maximum absolute atomic E-state index is 11.6. The molecule has 0 bridgehead atoms. The van der Waals surface area contributed by atoms with Crippen LogP contribution < -0.4 is 5.32 Å². The Balaban J connectivity index is 2.68. The van der Waals surface area contributed by atoms with Crippen LogP contribution in [0.25, 0.3) is 0 Å². The SMILES string of the molecule is CCc1ccc(C(CNC(=O)CSC)N(C)C)cc1. The molecule has 3 nitrogen and oxygen atoms in total. The van der Waals surface area contributed by atoms with Gasteiger partial charge in [-0.15, -0.1) is 0 Å². The number of likely N-dealkylation sites (N-methyl/N-ethyl adjacent to an activating group) is 1. The average Bonchev–Trinajstić information content (AvgIpc) is 2.39. The van der Waals surface area contributed by atoms with E-state index in [2.05, 4.69) is 41.4 Å². The predicted molar refractivity (Wildman–Crippen MR) is 83.6 cm³/mol. The Labute approximate surface area is 120 Å². The molecule has 1 amide bonds. The van der Waals surface area contributed by atoms with Gasteiger partial charge >= 0.3 is 0 Å². The van der Waals surface area contributed by atoms with Crippen molar-refractivity contribution in [3.8, 4) is 0 Å². The highest BCUT2D eigenvalue weighted by molar-refractivity contribution is 7.99. The van der Waals surface area contributed by atoms with E-state index in [1.54, 1.807) is 11.8 Å². The summed E-state index contributed by atoms with van der Waals surface area (Å²) in [5.74, 6) is 0.624. The molecular formula is C15H24N2OS. The minimum Gasteiger partial charge on any atom is -0.353 e. The fourth-order valence-electron chi connectivity index (χ4n) is 1.97. The normalized spacial score (nSPS) is 12.5. The van der Waals surface area contributed by atoms with Gasteiger partial charge in [-0.25, -0.2) is 0 Å². The summed E-state index contributed by atoms with van der Waals surface area (Å²) in [6.07, 6.45) is 2.99. The molecule has 0 radical (unpaired) electrons. The lowest BCUT2D eigenvalue weighted by molar-refractivity contribution is -0.118. The minimum atomic E-state index is 0.101. The number of aryl methyl sites for hydroxylation is 1. The third kappa shape index (κ3) is 5.25. The lowest BCUT2D eigenvalue weighted by Gasteiger charge is -2.25. The number of nitrogens with zero attached hydrogens (tertiary/aromatic N) is 1. The summed E-state index contributed by atoms with van der Waals surface area (Å²) in [6, 6.07) is 8.86. The first-order chi connectivity index (χ1) is 9.08. The van der Waals surface area contributed by atoms with Crippen molar-refractivity contribution in [1.82, 2.24) is 10.2 Å². The van der Waals surface area contributed by atoms with Crippen LogP contribution in [0.2, 0.25) is 0 Å².